The van der Waals surface area contributed by atoms with E-state index in [1.807, 2.05) is 26.0 Å². The highest BCUT2D eigenvalue weighted by Gasteiger charge is 2.52. The molecule has 1 aromatic carbocycles. The zero-order chi connectivity index (χ0) is 21.3. The van der Waals surface area contributed by atoms with Crippen LogP contribution in [0, 0.1) is 0 Å². The van der Waals surface area contributed by atoms with Gasteiger partial charge in [-0.3, -0.25) is 14.5 Å². The summed E-state index contributed by atoms with van der Waals surface area (Å²) in [5.74, 6) is 1.06. The Morgan fingerprint density at radius 2 is 2.10 bits per heavy atom. The van der Waals surface area contributed by atoms with E-state index in [1.54, 1.807) is 0 Å². The summed E-state index contributed by atoms with van der Waals surface area (Å²) in [7, 11) is 0. The fourth-order valence-corrected chi connectivity index (χ4v) is 4.62. The average Bonchev–Trinajstić information content (AvgIpc) is 3.36. The number of anilines is 1. The number of ether oxygens (including phenoxy) is 2. The first-order chi connectivity index (χ1) is 14.4. The molecule has 0 bridgehead atoms. The lowest BCUT2D eigenvalue weighted by molar-refractivity contribution is -0.131. The summed E-state index contributed by atoms with van der Waals surface area (Å²) >= 11 is 0. The normalized spacial score (nSPS) is 21.5. The number of rotatable bonds is 7. The van der Waals surface area contributed by atoms with Crippen molar-refractivity contribution in [3.63, 3.8) is 0 Å². The van der Waals surface area contributed by atoms with Crippen LogP contribution in [0.4, 0.5) is 10.5 Å². The summed E-state index contributed by atoms with van der Waals surface area (Å²) < 4.78 is 11.5. The van der Waals surface area contributed by atoms with Crippen LogP contribution >= 0.6 is 0 Å². The van der Waals surface area contributed by atoms with E-state index in [4.69, 9.17) is 9.47 Å². The predicted molar refractivity (Wildman–Crippen MR) is 111 cm³/mol. The van der Waals surface area contributed by atoms with E-state index in [2.05, 4.69) is 10.6 Å². The van der Waals surface area contributed by atoms with E-state index in [9.17, 15) is 14.4 Å². The summed E-state index contributed by atoms with van der Waals surface area (Å²) in [6.07, 6.45) is 4.83. The molecule has 8 heteroatoms. The molecule has 2 N–H and O–H groups in total. The minimum atomic E-state index is -0.701. The minimum Gasteiger partial charge on any atom is -0.492 e. The number of amides is 4. The maximum absolute atomic E-state index is 12.7. The summed E-state index contributed by atoms with van der Waals surface area (Å²) in [5, 5.41) is 5.75. The number of urea groups is 1. The van der Waals surface area contributed by atoms with E-state index in [0.717, 1.165) is 30.6 Å². The van der Waals surface area contributed by atoms with Gasteiger partial charge in [0.05, 0.1) is 12.3 Å². The van der Waals surface area contributed by atoms with Crippen molar-refractivity contribution < 1.29 is 23.9 Å². The third-order valence-corrected chi connectivity index (χ3v) is 6.06. The zero-order valence-electron chi connectivity index (χ0n) is 17.6. The second kappa shape index (κ2) is 8.16. The average molecular weight is 415 g/mol. The van der Waals surface area contributed by atoms with Gasteiger partial charge in [-0.1, -0.05) is 12.8 Å². The summed E-state index contributed by atoms with van der Waals surface area (Å²) in [6, 6.07) is 3.39. The molecule has 162 valence electrons. The molecule has 1 atom stereocenters. The Balaban J connectivity index is 1.34. The largest absolute Gasteiger partial charge is 0.492 e. The van der Waals surface area contributed by atoms with Gasteiger partial charge in [-0.05, 0) is 39.2 Å². The van der Waals surface area contributed by atoms with Crippen LogP contribution in [-0.4, -0.2) is 47.5 Å². The van der Waals surface area contributed by atoms with Gasteiger partial charge in [0.25, 0.3) is 5.91 Å². The number of carbonyl (C=O) groups excluding carboxylic acids is 3. The van der Waals surface area contributed by atoms with Crippen LogP contribution < -0.4 is 20.1 Å². The second-order valence-corrected chi connectivity index (χ2v) is 8.35. The van der Waals surface area contributed by atoms with Crippen LogP contribution in [0.25, 0.3) is 0 Å². The number of imide groups is 1. The van der Waals surface area contributed by atoms with Gasteiger partial charge in [0.1, 0.15) is 23.1 Å². The summed E-state index contributed by atoms with van der Waals surface area (Å²) in [5.41, 5.74) is 0.950. The van der Waals surface area contributed by atoms with Crippen molar-refractivity contribution in [2.75, 3.05) is 18.5 Å². The number of benzene rings is 1. The van der Waals surface area contributed by atoms with Gasteiger partial charge < -0.3 is 20.1 Å². The van der Waals surface area contributed by atoms with Gasteiger partial charge in [0.2, 0.25) is 5.91 Å². The number of nitrogens with one attached hydrogen (secondary N) is 2. The van der Waals surface area contributed by atoms with Crippen LogP contribution in [0.15, 0.2) is 12.1 Å². The molecule has 30 heavy (non-hydrogen) atoms. The van der Waals surface area contributed by atoms with E-state index >= 15 is 0 Å². The number of hydrogen-bond acceptors (Lipinski definition) is 5. The van der Waals surface area contributed by atoms with Gasteiger partial charge in [-0.15, -0.1) is 0 Å². The van der Waals surface area contributed by atoms with Crippen molar-refractivity contribution in [3.05, 3.63) is 17.7 Å². The highest BCUT2D eigenvalue weighted by atomic mass is 16.5. The third-order valence-electron chi connectivity index (χ3n) is 6.06. The fourth-order valence-electron chi connectivity index (χ4n) is 4.62. The van der Waals surface area contributed by atoms with E-state index in [0.29, 0.717) is 37.3 Å². The molecule has 2 heterocycles. The van der Waals surface area contributed by atoms with E-state index in [1.165, 1.54) is 4.90 Å². The van der Waals surface area contributed by atoms with E-state index in [-0.39, 0.29) is 36.9 Å². The first-order valence-corrected chi connectivity index (χ1v) is 10.8. The lowest BCUT2D eigenvalue weighted by atomic mass is 9.98. The van der Waals surface area contributed by atoms with Gasteiger partial charge in [-0.25, -0.2) is 4.79 Å². The molecule has 1 saturated heterocycles. The Labute approximate surface area is 176 Å². The lowest BCUT2D eigenvalue weighted by Crippen LogP contribution is -2.44. The van der Waals surface area contributed by atoms with Crippen molar-refractivity contribution >= 4 is 23.5 Å². The van der Waals surface area contributed by atoms with Crippen molar-refractivity contribution in [1.29, 1.82) is 0 Å². The molecule has 2 aliphatic heterocycles. The topological polar surface area (TPSA) is 97.0 Å². The van der Waals surface area contributed by atoms with Crippen LogP contribution in [-0.2, 0) is 16.0 Å². The first kappa shape index (κ1) is 20.5. The molecule has 0 radical (unpaired) electrons. The Hall–Kier alpha value is -2.77. The molecule has 2 fully saturated rings. The van der Waals surface area contributed by atoms with Crippen LogP contribution in [0.3, 0.4) is 0 Å². The van der Waals surface area contributed by atoms with Crippen molar-refractivity contribution in [2.45, 2.75) is 70.4 Å². The van der Waals surface area contributed by atoms with Gasteiger partial charge >= 0.3 is 6.03 Å². The molecule has 8 nitrogen and oxygen atoms in total. The Bertz CT molecular complexity index is 863. The molecule has 4 amide bonds. The van der Waals surface area contributed by atoms with Crippen LogP contribution in [0.5, 0.6) is 11.5 Å². The summed E-state index contributed by atoms with van der Waals surface area (Å²) in [4.78, 5) is 38.7. The molecule has 3 aliphatic rings. The molecular weight excluding hydrogens is 386 g/mol. The molecule has 1 aromatic rings. The summed E-state index contributed by atoms with van der Waals surface area (Å²) in [6.45, 7) is 4.63. The van der Waals surface area contributed by atoms with Gasteiger partial charge in [0, 0.05) is 31.0 Å². The molecule has 1 aliphatic carbocycles. The van der Waals surface area contributed by atoms with Crippen molar-refractivity contribution in [2.24, 2.45) is 0 Å². The van der Waals surface area contributed by atoms with Crippen molar-refractivity contribution in [1.82, 2.24) is 10.2 Å². The first-order valence-electron chi connectivity index (χ1n) is 10.8. The second-order valence-electron chi connectivity index (χ2n) is 8.35. The maximum Gasteiger partial charge on any atom is 0.325 e. The predicted octanol–water partition coefficient (Wildman–Crippen LogP) is 2.99. The smallest absolute Gasteiger partial charge is 0.325 e. The van der Waals surface area contributed by atoms with Crippen molar-refractivity contribution in [3.8, 4) is 11.5 Å². The number of nitrogens with zero attached hydrogens (tertiary/aromatic N) is 1. The molecule has 1 spiro atoms. The number of carbonyl (C=O) groups is 3. The SMILES string of the molecule is CCOc1cc2c(cc1NC(=O)CCCN1C(=O)NC3(CCCC3)C1=O)O[C@H](C)C2. The highest BCUT2D eigenvalue weighted by Crippen LogP contribution is 2.38. The maximum atomic E-state index is 12.7. The quantitative estimate of drug-likeness (QED) is 0.668. The number of fused-ring (bicyclic) bond motifs is 1. The van der Waals surface area contributed by atoms with Gasteiger partial charge in [0.15, 0.2) is 0 Å². The zero-order valence-corrected chi connectivity index (χ0v) is 17.6. The molecular formula is C22H29N3O5. The van der Waals surface area contributed by atoms with Gasteiger partial charge in [-0.2, -0.15) is 0 Å². The lowest BCUT2D eigenvalue weighted by Gasteiger charge is -2.20. The fraction of sp³-hybridized carbons (Fsp3) is 0.591. The van der Waals surface area contributed by atoms with E-state index < -0.39 is 5.54 Å². The third kappa shape index (κ3) is 3.82. The van der Waals surface area contributed by atoms with Crippen LogP contribution in [0.2, 0.25) is 0 Å². The molecule has 4 rings (SSSR count). The minimum absolute atomic E-state index is 0.104. The van der Waals surface area contributed by atoms with Crippen LogP contribution in [0.1, 0.15) is 57.9 Å². The monoisotopic (exact) mass is 415 g/mol. The highest BCUT2D eigenvalue weighted by molar-refractivity contribution is 6.07. The Morgan fingerprint density at radius 3 is 2.83 bits per heavy atom. The Kier molecular flexibility index (Phi) is 5.58. The molecule has 0 aromatic heterocycles. The Morgan fingerprint density at radius 1 is 1.33 bits per heavy atom. The molecule has 1 saturated carbocycles. The number of hydrogen-bond donors (Lipinski definition) is 2. The standard InChI is InChI=1S/C22H29N3O5/c1-3-29-18-12-15-11-14(2)30-17(15)13-16(18)23-19(26)7-6-10-25-20(27)22(24-21(25)28)8-4-5-9-22/h12-14H,3-11H2,1-2H3,(H,23,26)(H,24,28)/t14-/m1/s1. The molecule has 0 unspecified atom stereocenters.